The molecule has 22 heavy (non-hydrogen) atoms. The number of carbonyl (C=O) groups excluding carboxylic acids is 1. The van der Waals surface area contributed by atoms with Crippen molar-refractivity contribution in [3.8, 4) is 5.75 Å². The molecule has 2 rings (SSSR count). The van der Waals surface area contributed by atoms with Crippen LogP contribution in [0.25, 0.3) is 0 Å². The molecule has 7 nitrogen and oxygen atoms in total. The molecular formula is C15H24N4O3. The molecule has 0 aromatic carbocycles. The lowest BCUT2D eigenvalue weighted by Crippen LogP contribution is -2.59. The van der Waals surface area contributed by atoms with Crippen molar-refractivity contribution in [2.45, 2.75) is 52.3 Å². The van der Waals surface area contributed by atoms with E-state index in [2.05, 4.69) is 14.9 Å². The number of rotatable bonds is 1. The Morgan fingerprint density at radius 1 is 1.23 bits per heavy atom. The molecule has 0 bridgehead atoms. The first-order chi connectivity index (χ1) is 10.2. The average Bonchev–Trinajstić information content (AvgIpc) is 2.38. The lowest BCUT2D eigenvalue weighted by atomic mass is 10.1. The highest BCUT2D eigenvalue weighted by molar-refractivity contribution is 5.68. The van der Waals surface area contributed by atoms with E-state index in [4.69, 9.17) is 4.74 Å². The number of anilines is 1. The van der Waals surface area contributed by atoms with Crippen molar-refractivity contribution in [3.63, 3.8) is 0 Å². The number of piperazine rings is 1. The highest BCUT2D eigenvalue weighted by atomic mass is 16.6. The minimum absolute atomic E-state index is 0.0384. The third-order valence-corrected chi connectivity index (χ3v) is 3.43. The standard InChI is InChI=1S/C15H24N4O3/c1-10-8-18(14(21)22-15(3,4)5)9-11(2)19(10)13-16-6-12(20)7-17-13/h6-7,10-11,20H,8-9H2,1-5H3. The summed E-state index contributed by atoms with van der Waals surface area (Å²) in [6.45, 7) is 10.7. The van der Waals surface area contributed by atoms with E-state index in [1.807, 2.05) is 34.6 Å². The van der Waals surface area contributed by atoms with Crippen molar-refractivity contribution in [2.75, 3.05) is 18.0 Å². The van der Waals surface area contributed by atoms with Crippen LogP contribution in [0.4, 0.5) is 10.7 Å². The summed E-state index contributed by atoms with van der Waals surface area (Å²) >= 11 is 0. The van der Waals surface area contributed by atoms with Crippen LogP contribution in [-0.4, -0.2) is 56.8 Å². The summed E-state index contributed by atoms with van der Waals surface area (Å²) in [5.74, 6) is 0.595. The SMILES string of the molecule is CC1CN(C(=O)OC(C)(C)C)CC(C)N1c1ncc(O)cn1. The van der Waals surface area contributed by atoms with Crippen molar-refractivity contribution in [3.05, 3.63) is 12.4 Å². The van der Waals surface area contributed by atoms with Crippen LogP contribution < -0.4 is 4.90 Å². The molecule has 1 N–H and O–H groups in total. The molecule has 2 unspecified atom stereocenters. The molecule has 2 heterocycles. The molecule has 7 heteroatoms. The topological polar surface area (TPSA) is 78.8 Å². The molecule has 0 radical (unpaired) electrons. The second-order valence-electron chi connectivity index (χ2n) is 6.73. The van der Waals surface area contributed by atoms with Crippen molar-refractivity contribution in [2.24, 2.45) is 0 Å². The fourth-order valence-corrected chi connectivity index (χ4v) is 2.64. The first-order valence-electron chi connectivity index (χ1n) is 7.44. The summed E-state index contributed by atoms with van der Waals surface area (Å²) < 4.78 is 5.43. The molecule has 1 saturated heterocycles. The number of hydrogen-bond donors (Lipinski definition) is 1. The van der Waals surface area contributed by atoms with Gasteiger partial charge in [0, 0.05) is 25.2 Å². The van der Waals surface area contributed by atoms with Crippen molar-refractivity contribution in [1.29, 1.82) is 0 Å². The van der Waals surface area contributed by atoms with E-state index in [9.17, 15) is 9.90 Å². The largest absolute Gasteiger partial charge is 0.505 e. The molecule has 0 saturated carbocycles. The van der Waals surface area contributed by atoms with Gasteiger partial charge in [0.1, 0.15) is 5.60 Å². The number of ether oxygens (including phenoxy) is 1. The van der Waals surface area contributed by atoms with E-state index in [0.29, 0.717) is 19.0 Å². The molecule has 1 amide bonds. The number of nitrogens with zero attached hydrogens (tertiary/aromatic N) is 4. The Hall–Kier alpha value is -2.05. The fraction of sp³-hybridized carbons (Fsp3) is 0.667. The predicted octanol–water partition coefficient (Wildman–Crippen LogP) is 2.02. The van der Waals surface area contributed by atoms with Gasteiger partial charge in [-0.1, -0.05) is 0 Å². The molecule has 2 atom stereocenters. The summed E-state index contributed by atoms with van der Waals surface area (Å²) in [7, 11) is 0. The molecule has 1 fully saturated rings. The average molecular weight is 308 g/mol. The molecule has 0 spiro atoms. The van der Waals surface area contributed by atoms with Crippen LogP contribution in [0.1, 0.15) is 34.6 Å². The lowest BCUT2D eigenvalue weighted by Gasteiger charge is -2.44. The smallest absolute Gasteiger partial charge is 0.410 e. The van der Waals surface area contributed by atoms with Crippen LogP contribution in [0.2, 0.25) is 0 Å². The Morgan fingerprint density at radius 2 is 1.73 bits per heavy atom. The quantitative estimate of drug-likeness (QED) is 0.855. The molecule has 1 aliphatic rings. The van der Waals surface area contributed by atoms with Gasteiger partial charge in [0.2, 0.25) is 5.95 Å². The Labute approximate surface area is 130 Å². The minimum Gasteiger partial charge on any atom is -0.505 e. The summed E-state index contributed by atoms with van der Waals surface area (Å²) in [5, 5.41) is 9.30. The van der Waals surface area contributed by atoms with E-state index in [1.54, 1.807) is 4.90 Å². The zero-order valence-electron chi connectivity index (χ0n) is 13.8. The Morgan fingerprint density at radius 3 is 2.18 bits per heavy atom. The summed E-state index contributed by atoms with van der Waals surface area (Å²) in [4.78, 5) is 24.3. The van der Waals surface area contributed by atoms with Gasteiger partial charge in [-0.05, 0) is 34.6 Å². The maximum atomic E-state index is 12.2. The summed E-state index contributed by atoms with van der Waals surface area (Å²) in [5.41, 5.74) is -0.499. The van der Waals surface area contributed by atoms with Gasteiger partial charge in [-0.25, -0.2) is 14.8 Å². The zero-order valence-corrected chi connectivity index (χ0v) is 13.8. The monoisotopic (exact) mass is 308 g/mol. The second-order valence-corrected chi connectivity index (χ2v) is 6.73. The van der Waals surface area contributed by atoms with Gasteiger partial charge in [0.05, 0.1) is 12.4 Å². The fourth-order valence-electron chi connectivity index (χ4n) is 2.64. The van der Waals surface area contributed by atoms with Gasteiger partial charge < -0.3 is 19.6 Å². The number of carbonyl (C=O) groups is 1. The first-order valence-corrected chi connectivity index (χ1v) is 7.44. The van der Waals surface area contributed by atoms with Gasteiger partial charge in [0.25, 0.3) is 0 Å². The van der Waals surface area contributed by atoms with E-state index >= 15 is 0 Å². The first kappa shape index (κ1) is 16.3. The third-order valence-electron chi connectivity index (χ3n) is 3.43. The maximum absolute atomic E-state index is 12.2. The second kappa shape index (κ2) is 5.98. The Bertz CT molecular complexity index is 515. The van der Waals surface area contributed by atoms with E-state index in [1.165, 1.54) is 12.4 Å². The third kappa shape index (κ3) is 3.78. The van der Waals surface area contributed by atoms with E-state index < -0.39 is 5.60 Å². The zero-order chi connectivity index (χ0) is 16.5. The molecule has 0 aliphatic carbocycles. The number of aromatic hydroxyl groups is 1. The number of amides is 1. The molecule has 1 aromatic heterocycles. The van der Waals surface area contributed by atoms with Gasteiger partial charge >= 0.3 is 6.09 Å². The van der Waals surface area contributed by atoms with Crippen LogP contribution in [0.3, 0.4) is 0 Å². The number of aromatic nitrogens is 2. The Kier molecular flexibility index (Phi) is 4.44. The summed E-state index contributed by atoms with van der Waals surface area (Å²) in [6.07, 6.45) is 2.46. The highest BCUT2D eigenvalue weighted by Crippen LogP contribution is 2.23. The number of hydrogen-bond acceptors (Lipinski definition) is 6. The van der Waals surface area contributed by atoms with Crippen molar-refractivity contribution in [1.82, 2.24) is 14.9 Å². The Balaban J connectivity index is 2.09. The minimum atomic E-state index is -0.499. The van der Waals surface area contributed by atoms with Crippen LogP contribution in [0, 0.1) is 0 Å². The van der Waals surface area contributed by atoms with Gasteiger partial charge in [-0.2, -0.15) is 0 Å². The van der Waals surface area contributed by atoms with Crippen molar-refractivity contribution < 1.29 is 14.6 Å². The maximum Gasteiger partial charge on any atom is 0.410 e. The van der Waals surface area contributed by atoms with E-state index in [0.717, 1.165) is 0 Å². The van der Waals surface area contributed by atoms with Crippen molar-refractivity contribution >= 4 is 12.0 Å². The van der Waals surface area contributed by atoms with E-state index in [-0.39, 0.29) is 23.9 Å². The molecule has 122 valence electrons. The molecule has 1 aromatic rings. The van der Waals surface area contributed by atoms with Gasteiger partial charge in [-0.15, -0.1) is 0 Å². The highest BCUT2D eigenvalue weighted by Gasteiger charge is 2.35. The van der Waals surface area contributed by atoms with Gasteiger partial charge in [-0.3, -0.25) is 0 Å². The normalized spacial score (nSPS) is 22.6. The summed E-state index contributed by atoms with van der Waals surface area (Å²) in [6, 6.07) is 0.113. The molecule has 1 aliphatic heterocycles. The predicted molar refractivity (Wildman–Crippen MR) is 82.9 cm³/mol. The molecular weight excluding hydrogens is 284 g/mol. The van der Waals surface area contributed by atoms with Crippen LogP contribution in [0.5, 0.6) is 5.75 Å². The lowest BCUT2D eigenvalue weighted by molar-refractivity contribution is 0.0192. The van der Waals surface area contributed by atoms with Gasteiger partial charge in [0.15, 0.2) is 5.75 Å². The van der Waals surface area contributed by atoms with Crippen LogP contribution in [0.15, 0.2) is 12.4 Å². The van der Waals surface area contributed by atoms with Crippen LogP contribution in [-0.2, 0) is 4.74 Å². The van der Waals surface area contributed by atoms with Crippen LogP contribution >= 0.6 is 0 Å².